The van der Waals surface area contributed by atoms with Gasteiger partial charge in [0.2, 0.25) is 5.95 Å². The summed E-state index contributed by atoms with van der Waals surface area (Å²) in [5.41, 5.74) is 2.59. The van der Waals surface area contributed by atoms with Gasteiger partial charge in [-0.2, -0.15) is 4.98 Å². The minimum absolute atomic E-state index is 0.662. The van der Waals surface area contributed by atoms with Crippen molar-refractivity contribution < 1.29 is 4.74 Å². The summed E-state index contributed by atoms with van der Waals surface area (Å²) in [5, 5.41) is 6.66. The maximum absolute atomic E-state index is 5.26. The van der Waals surface area contributed by atoms with E-state index in [4.69, 9.17) is 4.74 Å². The third kappa shape index (κ3) is 6.29. The molecule has 0 aliphatic heterocycles. The van der Waals surface area contributed by atoms with E-state index < -0.39 is 0 Å². The molecule has 0 aliphatic carbocycles. The minimum Gasteiger partial charge on any atom is -0.497 e. The molecule has 5 nitrogen and oxygen atoms in total. The molecule has 0 saturated carbocycles. The Hall–Kier alpha value is -3.08. The summed E-state index contributed by atoms with van der Waals surface area (Å²) in [4.78, 5) is 8.82. The van der Waals surface area contributed by atoms with Gasteiger partial charge in [0.25, 0.3) is 0 Å². The second-order valence-electron chi connectivity index (χ2n) is 6.31. The molecule has 0 aliphatic rings. The highest BCUT2D eigenvalue weighted by atomic mass is 16.5. The molecular weight excluding hydrogens is 336 g/mol. The van der Waals surface area contributed by atoms with Crippen molar-refractivity contribution in [1.82, 2.24) is 9.97 Å². The third-order valence-electron chi connectivity index (χ3n) is 4.28. The van der Waals surface area contributed by atoms with Gasteiger partial charge in [-0.15, -0.1) is 0 Å². The van der Waals surface area contributed by atoms with Crippen LogP contribution in [0.15, 0.2) is 66.9 Å². The van der Waals surface area contributed by atoms with Crippen LogP contribution in [0, 0.1) is 0 Å². The smallest absolute Gasteiger partial charge is 0.224 e. The summed E-state index contributed by atoms with van der Waals surface area (Å²) in [5.74, 6) is 2.38. The van der Waals surface area contributed by atoms with Crippen molar-refractivity contribution in [2.45, 2.75) is 19.3 Å². The normalized spacial score (nSPS) is 10.4. The Morgan fingerprint density at radius 2 is 1.70 bits per heavy atom. The Bertz CT molecular complexity index is 823. The second-order valence-corrected chi connectivity index (χ2v) is 6.31. The SMILES string of the molecule is COc1cccc(CCNc2ccnc(NCCCc3ccccc3)n2)c1. The van der Waals surface area contributed by atoms with E-state index in [1.165, 1.54) is 11.1 Å². The van der Waals surface area contributed by atoms with E-state index in [1.54, 1.807) is 13.3 Å². The maximum atomic E-state index is 5.26. The van der Waals surface area contributed by atoms with Gasteiger partial charge in [0.1, 0.15) is 11.6 Å². The molecule has 2 aromatic carbocycles. The average molecular weight is 362 g/mol. The summed E-state index contributed by atoms with van der Waals surface area (Å²) in [6.07, 6.45) is 4.77. The Morgan fingerprint density at radius 1 is 0.852 bits per heavy atom. The number of methoxy groups -OCH3 is 1. The molecular formula is C22H26N4O. The number of ether oxygens (including phenoxy) is 1. The summed E-state index contributed by atoms with van der Waals surface area (Å²) in [6, 6.07) is 20.5. The lowest BCUT2D eigenvalue weighted by molar-refractivity contribution is 0.414. The summed E-state index contributed by atoms with van der Waals surface area (Å²) in [7, 11) is 1.69. The maximum Gasteiger partial charge on any atom is 0.224 e. The highest BCUT2D eigenvalue weighted by molar-refractivity contribution is 5.40. The predicted octanol–water partition coefficient (Wildman–Crippen LogP) is 4.18. The van der Waals surface area contributed by atoms with E-state index in [1.807, 2.05) is 24.3 Å². The fraction of sp³-hybridized carbons (Fsp3) is 0.273. The van der Waals surface area contributed by atoms with Crippen LogP contribution in [0.2, 0.25) is 0 Å². The highest BCUT2D eigenvalue weighted by Gasteiger charge is 2.00. The first-order chi connectivity index (χ1) is 13.3. The molecule has 1 heterocycles. The Balaban J connectivity index is 1.41. The zero-order chi connectivity index (χ0) is 18.7. The molecule has 27 heavy (non-hydrogen) atoms. The van der Waals surface area contributed by atoms with Gasteiger partial charge in [0.15, 0.2) is 0 Å². The van der Waals surface area contributed by atoms with Gasteiger partial charge >= 0.3 is 0 Å². The molecule has 140 valence electrons. The number of aryl methyl sites for hydroxylation is 1. The van der Waals surface area contributed by atoms with Crippen LogP contribution in [-0.2, 0) is 12.8 Å². The van der Waals surface area contributed by atoms with Gasteiger partial charge in [-0.25, -0.2) is 4.98 Å². The van der Waals surface area contributed by atoms with Crippen LogP contribution in [0.3, 0.4) is 0 Å². The average Bonchev–Trinajstić information content (AvgIpc) is 2.72. The van der Waals surface area contributed by atoms with E-state index in [0.29, 0.717) is 5.95 Å². The van der Waals surface area contributed by atoms with Gasteiger partial charge in [-0.1, -0.05) is 42.5 Å². The number of hydrogen-bond acceptors (Lipinski definition) is 5. The standard InChI is InChI=1S/C22H26N4O/c1-27-20-11-5-9-19(17-20)12-15-23-21-13-16-25-22(26-21)24-14-6-10-18-7-3-2-4-8-18/h2-5,7-9,11,13,16-17H,6,10,12,14-15H2,1H3,(H2,23,24,25,26). The number of nitrogens with zero attached hydrogens (tertiary/aromatic N) is 2. The van der Waals surface area contributed by atoms with Crippen molar-refractivity contribution in [3.8, 4) is 5.75 Å². The molecule has 1 aromatic heterocycles. The van der Waals surface area contributed by atoms with Crippen LogP contribution in [0.25, 0.3) is 0 Å². The predicted molar refractivity (Wildman–Crippen MR) is 110 cm³/mol. The van der Waals surface area contributed by atoms with Gasteiger partial charge in [0, 0.05) is 19.3 Å². The van der Waals surface area contributed by atoms with E-state index in [2.05, 4.69) is 57.0 Å². The van der Waals surface area contributed by atoms with E-state index in [-0.39, 0.29) is 0 Å². The Kier molecular flexibility index (Phi) is 7.04. The quantitative estimate of drug-likeness (QED) is 0.530. The lowest BCUT2D eigenvalue weighted by Crippen LogP contribution is -2.10. The molecule has 0 radical (unpaired) electrons. The Labute approximate surface area is 160 Å². The van der Waals surface area contributed by atoms with Gasteiger partial charge in [-0.05, 0) is 48.6 Å². The van der Waals surface area contributed by atoms with Crippen LogP contribution in [0.1, 0.15) is 17.5 Å². The van der Waals surface area contributed by atoms with Crippen LogP contribution >= 0.6 is 0 Å². The first kappa shape index (κ1) is 18.7. The zero-order valence-corrected chi connectivity index (χ0v) is 15.7. The zero-order valence-electron chi connectivity index (χ0n) is 15.7. The van der Waals surface area contributed by atoms with Crippen molar-refractivity contribution in [3.63, 3.8) is 0 Å². The summed E-state index contributed by atoms with van der Waals surface area (Å²) < 4.78 is 5.26. The van der Waals surface area contributed by atoms with Crippen LogP contribution in [0.5, 0.6) is 5.75 Å². The van der Waals surface area contributed by atoms with Gasteiger partial charge in [-0.3, -0.25) is 0 Å². The second kappa shape index (κ2) is 10.2. The van der Waals surface area contributed by atoms with Crippen LogP contribution < -0.4 is 15.4 Å². The molecule has 3 aromatic rings. The van der Waals surface area contributed by atoms with E-state index in [0.717, 1.165) is 43.9 Å². The molecule has 0 atom stereocenters. The number of rotatable bonds is 10. The molecule has 0 fully saturated rings. The number of benzene rings is 2. The molecule has 3 rings (SSSR count). The van der Waals surface area contributed by atoms with E-state index >= 15 is 0 Å². The molecule has 0 unspecified atom stereocenters. The minimum atomic E-state index is 0.662. The third-order valence-corrected chi connectivity index (χ3v) is 4.28. The highest BCUT2D eigenvalue weighted by Crippen LogP contribution is 2.13. The lowest BCUT2D eigenvalue weighted by Gasteiger charge is -2.09. The first-order valence-corrected chi connectivity index (χ1v) is 9.31. The first-order valence-electron chi connectivity index (χ1n) is 9.31. The molecule has 0 amide bonds. The topological polar surface area (TPSA) is 59.1 Å². The molecule has 0 saturated heterocycles. The number of anilines is 2. The van der Waals surface area contributed by atoms with Crippen molar-refractivity contribution in [1.29, 1.82) is 0 Å². The van der Waals surface area contributed by atoms with Gasteiger partial charge in [0.05, 0.1) is 7.11 Å². The number of hydrogen-bond donors (Lipinski definition) is 2. The van der Waals surface area contributed by atoms with Crippen LogP contribution in [0.4, 0.5) is 11.8 Å². The molecule has 2 N–H and O–H groups in total. The summed E-state index contributed by atoms with van der Waals surface area (Å²) in [6.45, 7) is 1.65. The van der Waals surface area contributed by atoms with Crippen molar-refractivity contribution in [3.05, 3.63) is 78.0 Å². The van der Waals surface area contributed by atoms with Crippen molar-refractivity contribution in [2.75, 3.05) is 30.8 Å². The molecule has 0 bridgehead atoms. The largest absolute Gasteiger partial charge is 0.497 e. The fourth-order valence-electron chi connectivity index (χ4n) is 2.84. The molecule has 0 spiro atoms. The monoisotopic (exact) mass is 362 g/mol. The molecule has 5 heteroatoms. The Morgan fingerprint density at radius 3 is 2.56 bits per heavy atom. The number of aromatic nitrogens is 2. The van der Waals surface area contributed by atoms with Gasteiger partial charge < -0.3 is 15.4 Å². The number of nitrogens with one attached hydrogen (secondary N) is 2. The fourth-order valence-corrected chi connectivity index (χ4v) is 2.84. The summed E-state index contributed by atoms with van der Waals surface area (Å²) >= 11 is 0. The van der Waals surface area contributed by atoms with Crippen molar-refractivity contribution >= 4 is 11.8 Å². The van der Waals surface area contributed by atoms with Crippen molar-refractivity contribution in [2.24, 2.45) is 0 Å². The lowest BCUT2D eigenvalue weighted by atomic mass is 10.1. The van der Waals surface area contributed by atoms with E-state index in [9.17, 15) is 0 Å². The van der Waals surface area contributed by atoms with Crippen LogP contribution in [-0.4, -0.2) is 30.2 Å².